The molecular weight excluding hydrogens is 338 g/mol. The molecule has 4 aromatic rings. The van der Waals surface area contributed by atoms with E-state index in [2.05, 4.69) is 15.5 Å². The van der Waals surface area contributed by atoms with Crippen LogP contribution in [0.4, 0.5) is 5.82 Å². The standard InChI is InChI=1S/C22H19N3O2/c1-27-20-12-5-4-11-18(20)19-14-21(25-24-19)23-22(26)13-16-9-6-8-15-7-2-3-10-17(15)16/h2-12,14H,13H2,1H3,(H2,23,24,25,26). The van der Waals surface area contributed by atoms with Crippen LogP contribution < -0.4 is 10.1 Å². The summed E-state index contributed by atoms with van der Waals surface area (Å²) in [6.07, 6.45) is 0.290. The van der Waals surface area contributed by atoms with E-state index >= 15 is 0 Å². The van der Waals surface area contributed by atoms with E-state index in [1.165, 1.54) is 0 Å². The average Bonchev–Trinajstić information content (AvgIpc) is 3.16. The number of benzene rings is 3. The van der Waals surface area contributed by atoms with E-state index in [9.17, 15) is 4.79 Å². The third-order valence-corrected chi connectivity index (χ3v) is 4.47. The van der Waals surface area contributed by atoms with E-state index < -0.39 is 0 Å². The fraction of sp³-hybridized carbons (Fsp3) is 0.0909. The second-order valence-electron chi connectivity index (χ2n) is 6.23. The number of nitrogens with zero attached hydrogens (tertiary/aromatic N) is 1. The first-order valence-corrected chi connectivity index (χ1v) is 8.70. The number of nitrogens with one attached hydrogen (secondary N) is 2. The fourth-order valence-electron chi connectivity index (χ4n) is 3.20. The molecule has 0 atom stereocenters. The predicted octanol–water partition coefficient (Wildman–Crippen LogP) is 4.42. The molecule has 3 aromatic carbocycles. The van der Waals surface area contributed by atoms with Crippen LogP contribution in [0, 0.1) is 0 Å². The van der Waals surface area contributed by atoms with Crippen molar-refractivity contribution in [3.63, 3.8) is 0 Å². The summed E-state index contributed by atoms with van der Waals surface area (Å²) in [6.45, 7) is 0. The van der Waals surface area contributed by atoms with Crippen molar-refractivity contribution in [1.29, 1.82) is 0 Å². The minimum Gasteiger partial charge on any atom is -0.496 e. The van der Waals surface area contributed by atoms with Crippen molar-refractivity contribution >= 4 is 22.5 Å². The molecule has 0 aliphatic rings. The molecule has 0 radical (unpaired) electrons. The average molecular weight is 357 g/mol. The van der Waals surface area contributed by atoms with Crippen LogP contribution in [0.25, 0.3) is 22.0 Å². The molecule has 0 saturated heterocycles. The van der Waals surface area contributed by atoms with Crippen LogP contribution in [0.3, 0.4) is 0 Å². The zero-order chi connectivity index (χ0) is 18.6. The molecule has 5 nitrogen and oxygen atoms in total. The summed E-state index contributed by atoms with van der Waals surface area (Å²) < 4.78 is 5.37. The number of methoxy groups -OCH3 is 1. The van der Waals surface area contributed by atoms with Gasteiger partial charge in [-0.05, 0) is 28.5 Å². The molecule has 134 valence electrons. The van der Waals surface area contributed by atoms with E-state index in [0.717, 1.165) is 33.3 Å². The van der Waals surface area contributed by atoms with Crippen LogP contribution in [0.5, 0.6) is 5.75 Å². The SMILES string of the molecule is COc1ccccc1-c1cc(NC(=O)Cc2cccc3ccccc23)n[nH]1. The van der Waals surface area contributed by atoms with E-state index in [4.69, 9.17) is 4.74 Å². The number of amides is 1. The molecule has 0 aliphatic heterocycles. The van der Waals surface area contributed by atoms with Gasteiger partial charge in [-0.15, -0.1) is 0 Å². The first-order valence-electron chi connectivity index (χ1n) is 8.70. The van der Waals surface area contributed by atoms with Crippen LogP contribution in [0.15, 0.2) is 72.8 Å². The lowest BCUT2D eigenvalue weighted by Gasteiger charge is -2.06. The van der Waals surface area contributed by atoms with Gasteiger partial charge in [-0.2, -0.15) is 5.10 Å². The molecule has 4 rings (SSSR count). The second-order valence-corrected chi connectivity index (χ2v) is 6.23. The number of para-hydroxylation sites is 1. The molecule has 0 saturated carbocycles. The topological polar surface area (TPSA) is 67.0 Å². The lowest BCUT2D eigenvalue weighted by molar-refractivity contribution is -0.115. The summed E-state index contributed by atoms with van der Waals surface area (Å²) in [5, 5.41) is 12.2. The first kappa shape index (κ1) is 16.8. The minimum atomic E-state index is -0.107. The van der Waals surface area contributed by atoms with Gasteiger partial charge in [0.05, 0.1) is 19.2 Å². The van der Waals surface area contributed by atoms with E-state index in [1.54, 1.807) is 13.2 Å². The number of fused-ring (bicyclic) bond motifs is 1. The molecule has 0 spiro atoms. The maximum absolute atomic E-state index is 12.5. The van der Waals surface area contributed by atoms with Gasteiger partial charge in [0.25, 0.3) is 0 Å². The van der Waals surface area contributed by atoms with Gasteiger partial charge in [0.15, 0.2) is 5.82 Å². The first-order chi connectivity index (χ1) is 13.2. The van der Waals surface area contributed by atoms with Crippen molar-refractivity contribution in [3.05, 3.63) is 78.4 Å². The molecule has 2 N–H and O–H groups in total. The summed E-state index contributed by atoms with van der Waals surface area (Å²) in [5.74, 6) is 1.13. The van der Waals surface area contributed by atoms with Crippen LogP contribution in [-0.2, 0) is 11.2 Å². The highest BCUT2D eigenvalue weighted by molar-refractivity contribution is 5.96. The smallest absolute Gasteiger partial charge is 0.230 e. The number of aromatic amines is 1. The Hall–Kier alpha value is -3.60. The Kier molecular flexibility index (Phi) is 4.58. The highest BCUT2D eigenvalue weighted by atomic mass is 16.5. The van der Waals surface area contributed by atoms with E-state index in [-0.39, 0.29) is 12.3 Å². The van der Waals surface area contributed by atoms with Gasteiger partial charge in [0.1, 0.15) is 5.75 Å². The highest BCUT2D eigenvalue weighted by Crippen LogP contribution is 2.29. The monoisotopic (exact) mass is 357 g/mol. The van der Waals surface area contributed by atoms with Gasteiger partial charge >= 0.3 is 0 Å². The fourth-order valence-corrected chi connectivity index (χ4v) is 3.20. The number of rotatable bonds is 5. The van der Waals surface area contributed by atoms with Crippen molar-refractivity contribution in [3.8, 4) is 17.0 Å². The molecule has 0 unspecified atom stereocenters. The summed E-state index contributed by atoms with van der Waals surface area (Å²) >= 11 is 0. The lowest BCUT2D eigenvalue weighted by atomic mass is 10.0. The van der Waals surface area contributed by atoms with Crippen molar-refractivity contribution in [2.24, 2.45) is 0 Å². The second kappa shape index (κ2) is 7.33. The van der Waals surface area contributed by atoms with Gasteiger partial charge in [-0.1, -0.05) is 54.6 Å². The van der Waals surface area contributed by atoms with Crippen molar-refractivity contribution in [1.82, 2.24) is 10.2 Å². The largest absolute Gasteiger partial charge is 0.496 e. The number of H-pyrrole nitrogens is 1. The third kappa shape index (κ3) is 3.53. The summed E-state index contributed by atoms with van der Waals surface area (Å²) in [7, 11) is 1.63. The quantitative estimate of drug-likeness (QED) is 0.556. The molecule has 1 aromatic heterocycles. The maximum atomic E-state index is 12.5. The zero-order valence-corrected chi connectivity index (χ0v) is 14.9. The Labute approximate surface area is 157 Å². The Bertz CT molecular complexity index is 1100. The summed E-state index contributed by atoms with van der Waals surface area (Å²) in [6, 6.07) is 23.5. The highest BCUT2D eigenvalue weighted by Gasteiger charge is 2.12. The number of anilines is 1. The number of hydrogen-bond donors (Lipinski definition) is 2. The van der Waals surface area contributed by atoms with Gasteiger partial charge in [-0.25, -0.2) is 0 Å². The number of carbonyl (C=O) groups is 1. The molecule has 1 heterocycles. The third-order valence-electron chi connectivity index (χ3n) is 4.47. The van der Waals surface area contributed by atoms with Crippen LogP contribution in [0.1, 0.15) is 5.56 Å². The molecular formula is C22H19N3O2. The molecule has 0 fully saturated rings. The number of aromatic nitrogens is 2. The Morgan fingerprint density at radius 2 is 1.81 bits per heavy atom. The molecule has 0 bridgehead atoms. The molecule has 27 heavy (non-hydrogen) atoms. The van der Waals surface area contributed by atoms with E-state index in [0.29, 0.717) is 5.82 Å². The van der Waals surface area contributed by atoms with Crippen molar-refractivity contribution in [2.45, 2.75) is 6.42 Å². The van der Waals surface area contributed by atoms with Crippen LogP contribution >= 0.6 is 0 Å². The Balaban J connectivity index is 1.51. The molecule has 5 heteroatoms. The van der Waals surface area contributed by atoms with Gasteiger partial charge in [0, 0.05) is 11.6 Å². The molecule has 1 amide bonds. The summed E-state index contributed by atoms with van der Waals surface area (Å²) in [5.41, 5.74) is 2.67. The normalized spacial score (nSPS) is 10.7. The van der Waals surface area contributed by atoms with Gasteiger partial charge < -0.3 is 10.1 Å². The molecule has 0 aliphatic carbocycles. The van der Waals surface area contributed by atoms with Crippen molar-refractivity contribution in [2.75, 3.05) is 12.4 Å². The number of carbonyl (C=O) groups excluding carboxylic acids is 1. The Morgan fingerprint density at radius 3 is 2.70 bits per heavy atom. The van der Waals surface area contributed by atoms with Gasteiger partial charge in [-0.3, -0.25) is 9.89 Å². The minimum absolute atomic E-state index is 0.107. The predicted molar refractivity (Wildman–Crippen MR) is 107 cm³/mol. The van der Waals surface area contributed by atoms with Crippen LogP contribution in [-0.4, -0.2) is 23.2 Å². The van der Waals surface area contributed by atoms with Crippen LogP contribution in [0.2, 0.25) is 0 Å². The lowest BCUT2D eigenvalue weighted by Crippen LogP contribution is -2.14. The number of ether oxygens (including phenoxy) is 1. The zero-order valence-electron chi connectivity index (χ0n) is 14.9. The summed E-state index contributed by atoms with van der Waals surface area (Å²) in [4.78, 5) is 12.5. The van der Waals surface area contributed by atoms with Crippen molar-refractivity contribution < 1.29 is 9.53 Å². The maximum Gasteiger partial charge on any atom is 0.230 e. The van der Waals surface area contributed by atoms with E-state index in [1.807, 2.05) is 66.7 Å². The number of hydrogen-bond acceptors (Lipinski definition) is 3. The Morgan fingerprint density at radius 1 is 1.04 bits per heavy atom. The van der Waals surface area contributed by atoms with Gasteiger partial charge in [0.2, 0.25) is 5.91 Å².